The van der Waals surface area contributed by atoms with Crippen molar-refractivity contribution < 1.29 is 0 Å². The first-order valence-corrected chi connectivity index (χ1v) is 6.62. The Morgan fingerprint density at radius 3 is 2.50 bits per heavy atom. The van der Waals surface area contributed by atoms with E-state index in [1.807, 2.05) is 0 Å². The number of benzene rings is 2. The molecular weight excluding hydrogens is 260 g/mol. The maximum Gasteiger partial charge on any atom is 0.0650 e. The number of hydrogen-bond acceptors (Lipinski definition) is 0. The summed E-state index contributed by atoms with van der Waals surface area (Å²) in [5.74, 6) is 0.663. The van der Waals surface area contributed by atoms with Crippen molar-refractivity contribution in [3.05, 3.63) is 70.3 Å². The molecule has 0 aromatic heterocycles. The van der Waals surface area contributed by atoms with E-state index in [9.17, 15) is 0 Å². The zero-order valence-corrected chi connectivity index (χ0v) is 10.4. The van der Waals surface area contributed by atoms with Crippen LogP contribution in [0.3, 0.4) is 0 Å². The van der Waals surface area contributed by atoms with Gasteiger partial charge in [-0.15, -0.1) is 0 Å². The fourth-order valence-corrected chi connectivity index (χ4v) is 3.96. The third-order valence-electron chi connectivity index (χ3n) is 3.92. The Labute approximate surface area is 103 Å². The SMILES string of the molecule is BrC1c2ccccc2C2Cc3cccc1c32. The van der Waals surface area contributed by atoms with Gasteiger partial charge in [-0.3, -0.25) is 0 Å². The molecule has 16 heavy (non-hydrogen) atoms. The first-order valence-electron chi connectivity index (χ1n) is 5.71. The Bertz CT molecular complexity index is 571. The second-order valence-electron chi connectivity index (χ2n) is 4.67. The zero-order valence-electron chi connectivity index (χ0n) is 8.78. The Morgan fingerprint density at radius 1 is 0.875 bits per heavy atom. The van der Waals surface area contributed by atoms with Gasteiger partial charge >= 0.3 is 0 Å². The lowest BCUT2D eigenvalue weighted by molar-refractivity contribution is 0.669. The van der Waals surface area contributed by atoms with Crippen LogP contribution in [0.4, 0.5) is 0 Å². The topological polar surface area (TPSA) is 0 Å². The van der Waals surface area contributed by atoms with Crippen LogP contribution in [0, 0.1) is 0 Å². The van der Waals surface area contributed by atoms with Crippen LogP contribution >= 0.6 is 15.9 Å². The molecule has 0 saturated carbocycles. The fourth-order valence-electron chi connectivity index (χ4n) is 3.14. The van der Waals surface area contributed by atoms with Gasteiger partial charge in [-0.2, -0.15) is 0 Å². The summed E-state index contributed by atoms with van der Waals surface area (Å²) < 4.78 is 0. The van der Waals surface area contributed by atoms with E-state index < -0.39 is 0 Å². The van der Waals surface area contributed by atoms with E-state index in [2.05, 4.69) is 58.4 Å². The molecule has 1 heteroatoms. The predicted molar refractivity (Wildman–Crippen MR) is 69.2 cm³/mol. The van der Waals surface area contributed by atoms with Crippen LogP contribution in [0.2, 0.25) is 0 Å². The van der Waals surface area contributed by atoms with Gasteiger partial charge in [0.25, 0.3) is 0 Å². The zero-order chi connectivity index (χ0) is 10.7. The number of hydrogen-bond donors (Lipinski definition) is 0. The number of halogens is 1. The van der Waals surface area contributed by atoms with Crippen LogP contribution in [0.15, 0.2) is 42.5 Å². The van der Waals surface area contributed by atoms with Gasteiger partial charge in [-0.05, 0) is 34.2 Å². The molecule has 0 nitrogen and oxygen atoms in total. The summed E-state index contributed by atoms with van der Waals surface area (Å²) in [6.07, 6.45) is 1.22. The normalized spacial score (nSPS) is 24.3. The summed E-state index contributed by atoms with van der Waals surface area (Å²) in [5.41, 5.74) is 7.59. The van der Waals surface area contributed by atoms with Gasteiger partial charge in [0.2, 0.25) is 0 Å². The van der Waals surface area contributed by atoms with E-state index in [1.165, 1.54) is 23.1 Å². The Kier molecular flexibility index (Phi) is 1.68. The summed E-state index contributed by atoms with van der Waals surface area (Å²) in [4.78, 5) is 0.384. The summed E-state index contributed by atoms with van der Waals surface area (Å²) in [7, 11) is 0. The second-order valence-corrected chi connectivity index (χ2v) is 5.58. The molecule has 0 saturated heterocycles. The van der Waals surface area contributed by atoms with E-state index in [4.69, 9.17) is 0 Å². The van der Waals surface area contributed by atoms with Crippen LogP contribution in [0.1, 0.15) is 38.6 Å². The second kappa shape index (κ2) is 2.98. The molecule has 2 atom stereocenters. The molecule has 2 aromatic rings. The lowest BCUT2D eigenvalue weighted by Crippen LogP contribution is -2.26. The summed E-state index contributed by atoms with van der Waals surface area (Å²) >= 11 is 3.84. The monoisotopic (exact) mass is 270 g/mol. The molecule has 0 heterocycles. The van der Waals surface area contributed by atoms with Crippen molar-refractivity contribution >= 4 is 15.9 Å². The Balaban J connectivity index is 2.04. The molecule has 78 valence electrons. The highest BCUT2D eigenvalue weighted by Gasteiger charge is 2.37. The summed E-state index contributed by atoms with van der Waals surface area (Å²) in [6, 6.07) is 15.6. The maximum absolute atomic E-state index is 3.84. The van der Waals surface area contributed by atoms with Gasteiger partial charge in [-0.25, -0.2) is 0 Å². The first kappa shape index (κ1) is 9.00. The molecule has 0 aliphatic heterocycles. The number of alkyl halides is 1. The average Bonchev–Trinajstić information content (AvgIpc) is 2.29. The molecule has 2 unspecified atom stereocenters. The van der Waals surface area contributed by atoms with Gasteiger partial charge in [0, 0.05) is 5.92 Å². The molecule has 2 aliphatic carbocycles. The average molecular weight is 271 g/mol. The molecule has 0 bridgehead atoms. The fraction of sp³-hybridized carbons (Fsp3) is 0.200. The van der Waals surface area contributed by atoms with Crippen molar-refractivity contribution in [3.63, 3.8) is 0 Å². The predicted octanol–water partition coefficient (Wildman–Crippen LogP) is 4.17. The van der Waals surface area contributed by atoms with Gasteiger partial charge in [0.05, 0.1) is 4.83 Å². The molecule has 2 aliphatic rings. The molecule has 2 aromatic carbocycles. The van der Waals surface area contributed by atoms with Crippen molar-refractivity contribution in [3.8, 4) is 0 Å². The van der Waals surface area contributed by atoms with E-state index in [0.717, 1.165) is 0 Å². The largest absolute Gasteiger partial charge is 0.0786 e. The van der Waals surface area contributed by atoms with Crippen LogP contribution in [0.25, 0.3) is 0 Å². The highest BCUT2D eigenvalue weighted by Crippen LogP contribution is 2.53. The van der Waals surface area contributed by atoms with Crippen molar-refractivity contribution in [1.82, 2.24) is 0 Å². The van der Waals surface area contributed by atoms with Gasteiger partial charge < -0.3 is 0 Å². The maximum atomic E-state index is 3.84. The first-order chi connectivity index (χ1) is 7.86. The molecule has 0 fully saturated rings. The van der Waals surface area contributed by atoms with Crippen molar-refractivity contribution in [1.29, 1.82) is 0 Å². The van der Waals surface area contributed by atoms with Gasteiger partial charge in [0.15, 0.2) is 0 Å². The van der Waals surface area contributed by atoms with E-state index in [0.29, 0.717) is 10.7 Å². The minimum absolute atomic E-state index is 0.384. The molecular formula is C15H11Br. The number of fused-ring (bicyclic) bond motifs is 2. The van der Waals surface area contributed by atoms with Crippen LogP contribution < -0.4 is 0 Å². The standard InChI is InChI=1S/C15H11Br/c16-15-11-6-2-1-5-10(11)13-8-9-4-3-7-12(15)14(9)13/h1-7,13,15H,8H2. The molecule has 4 rings (SSSR count). The molecule has 0 amide bonds. The van der Waals surface area contributed by atoms with Crippen molar-refractivity contribution in [2.45, 2.75) is 17.2 Å². The van der Waals surface area contributed by atoms with Gasteiger partial charge in [-0.1, -0.05) is 58.4 Å². The lowest BCUT2D eigenvalue weighted by Gasteiger charge is -2.40. The minimum atomic E-state index is 0.384. The van der Waals surface area contributed by atoms with Crippen LogP contribution in [-0.2, 0) is 6.42 Å². The lowest BCUT2D eigenvalue weighted by atomic mass is 9.66. The highest BCUT2D eigenvalue weighted by molar-refractivity contribution is 9.09. The summed E-state index contributed by atoms with van der Waals surface area (Å²) in [5, 5.41) is 0. The van der Waals surface area contributed by atoms with Gasteiger partial charge in [0.1, 0.15) is 0 Å². The molecule has 0 radical (unpaired) electrons. The summed E-state index contributed by atoms with van der Waals surface area (Å²) in [6.45, 7) is 0. The van der Waals surface area contributed by atoms with E-state index in [1.54, 1.807) is 11.1 Å². The third kappa shape index (κ3) is 0.952. The highest BCUT2D eigenvalue weighted by atomic mass is 79.9. The smallest absolute Gasteiger partial charge is 0.0650 e. The van der Waals surface area contributed by atoms with E-state index >= 15 is 0 Å². The molecule has 0 spiro atoms. The molecule has 0 N–H and O–H groups in total. The van der Waals surface area contributed by atoms with E-state index in [-0.39, 0.29) is 0 Å². The Hall–Kier alpha value is -1.08. The minimum Gasteiger partial charge on any atom is -0.0786 e. The number of rotatable bonds is 0. The van der Waals surface area contributed by atoms with Crippen LogP contribution in [0.5, 0.6) is 0 Å². The van der Waals surface area contributed by atoms with Crippen molar-refractivity contribution in [2.24, 2.45) is 0 Å². The van der Waals surface area contributed by atoms with Crippen molar-refractivity contribution in [2.75, 3.05) is 0 Å². The quantitative estimate of drug-likeness (QED) is 0.631. The van der Waals surface area contributed by atoms with Crippen LogP contribution in [-0.4, -0.2) is 0 Å². The third-order valence-corrected chi connectivity index (χ3v) is 4.91. The Morgan fingerprint density at radius 2 is 1.62 bits per heavy atom.